The highest BCUT2D eigenvalue weighted by Gasteiger charge is 2.10. The van der Waals surface area contributed by atoms with Gasteiger partial charge in [-0.15, -0.1) is 0 Å². The number of aromatic amines is 1. The molecule has 4 heteroatoms. The fourth-order valence-electron chi connectivity index (χ4n) is 1.59. The van der Waals surface area contributed by atoms with Gasteiger partial charge >= 0.3 is 5.97 Å². The standard InChI is InChI=1S/C13H14N2O2/c1-9-3-5-10(6-4-9)7-11-8-12(15-14-11)13(16)17-2/h3-6,8H,7H2,1-2H3,(H,14,15). The maximum Gasteiger partial charge on any atom is 0.358 e. The molecule has 0 radical (unpaired) electrons. The van der Waals surface area contributed by atoms with Crippen molar-refractivity contribution < 1.29 is 9.53 Å². The molecule has 1 aromatic carbocycles. The van der Waals surface area contributed by atoms with E-state index in [9.17, 15) is 4.79 Å². The molecule has 0 bridgehead atoms. The van der Waals surface area contributed by atoms with Gasteiger partial charge in [0.2, 0.25) is 0 Å². The third kappa shape index (κ3) is 2.72. The van der Waals surface area contributed by atoms with Crippen molar-refractivity contribution in [2.45, 2.75) is 13.3 Å². The highest BCUT2D eigenvalue weighted by Crippen LogP contribution is 2.10. The van der Waals surface area contributed by atoms with Crippen LogP contribution in [0.3, 0.4) is 0 Å². The van der Waals surface area contributed by atoms with E-state index in [1.165, 1.54) is 18.2 Å². The normalized spacial score (nSPS) is 10.2. The predicted octanol–water partition coefficient (Wildman–Crippen LogP) is 2.10. The van der Waals surface area contributed by atoms with Gasteiger partial charge in [0.1, 0.15) is 0 Å². The summed E-state index contributed by atoms with van der Waals surface area (Å²) in [5.74, 6) is -0.420. The van der Waals surface area contributed by atoms with Crippen LogP contribution in [0.4, 0.5) is 0 Å². The number of carbonyl (C=O) groups excluding carboxylic acids is 1. The lowest BCUT2D eigenvalue weighted by Gasteiger charge is -1.98. The molecule has 0 saturated carbocycles. The van der Waals surface area contributed by atoms with Crippen LogP contribution in [-0.4, -0.2) is 23.3 Å². The molecule has 2 rings (SSSR count). The molecule has 17 heavy (non-hydrogen) atoms. The summed E-state index contributed by atoms with van der Waals surface area (Å²) in [6.07, 6.45) is 0.726. The second-order valence-corrected chi connectivity index (χ2v) is 3.93. The van der Waals surface area contributed by atoms with Crippen molar-refractivity contribution in [1.29, 1.82) is 0 Å². The van der Waals surface area contributed by atoms with Crippen LogP contribution in [0.2, 0.25) is 0 Å². The molecule has 0 amide bonds. The van der Waals surface area contributed by atoms with Crippen molar-refractivity contribution >= 4 is 5.97 Å². The van der Waals surface area contributed by atoms with Gasteiger partial charge in [-0.3, -0.25) is 5.10 Å². The van der Waals surface area contributed by atoms with Crippen LogP contribution >= 0.6 is 0 Å². The molecule has 0 saturated heterocycles. The number of aromatic nitrogens is 2. The number of nitrogens with one attached hydrogen (secondary N) is 1. The Morgan fingerprint density at radius 3 is 2.71 bits per heavy atom. The molecule has 0 spiro atoms. The van der Waals surface area contributed by atoms with Gasteiger partial charge in [0.05, 0.1) is 7.11 Å². The third-order valence-corrected chi connectivity index (χ3v) is 2.54. The summed E-state index contributed by atoms with van der Waals surface area (Å²) in [5, 5.41) is 6.73. The average Bonchev–Trinajstić information content (AvgIpc) is 2.80. The smallest absolute Gasteiger partial charge is 0.358 e. The summed E-state index contributed by atoms with van der Waals surface area (Å²) in [7, 11) is 1.34. The molecule has 88 valence electrons. The number of carbonyl (C=O) groups is 1. The lowest BCUT2D eigenvalue weighted by atomic mass is 10.1. The van der Waals surface area contributed by atoms with Gasteiger partial charge in [-0.1, -0.05) is 29.8 Å². The minimum Gasteiger partial charge on any atom is -0.464 e. The van der Waals surface area contributed by atoms with E-state index in [4.69, 9.17) is 0 Å². The van der Waals surface area contributed by atoms with Crippen molar-refractivity contribution in [2.24, 2.45) is 0 Å². The Balaban J connectivity index is 2.11. The van der Waals surface area contributed by atoms with Crippen LogP contribution in [0.5, 0.6) is 0 Å². The molecule has 4 nitrogen and oxygen atoms in total. The highest BCUT2D eigenvalue weighted by molar-refractivity contribution is 5.87. The number of nitrogens with zero attached hydrogens (tertiary/aromatic N) is 1. The van der Waals surface area contributed by atoms with Gasteiger partial charge < -0.3 is 4.74 Å². The zero-order valence-corrected chi connectivity index (χ0v) is 9.86. The Kier molecular flexibility index (Phi) is 3.23. The molecule has 0 fully saturated rings. The Labute approximate surface area is 99.6 Å². The van der Waals surface area contributed by atoms with Crippen molar-refractivity contribution in [2.75, 3.05) is 7.11 Å². The minimum absolute atomic E-state index is 0.314. The number of methoxy groups -OCH3 is 1. The first-order valence-electron chi connectivity index (χ1n) is 5.37. The minimum atomic E-state index is -0.420. The molecule has 0 aliphatic rings. The van der Waals surface area contributed by atoms with E-state index in [-0.39, 0.29) is 0 Å². The summed E-state index contributed by atoms with van der Waals surface area (Å²) in [5.41, 5.74) is 3.62. The number of rotatable bonds is 3. The maximum atomic E-state index is 11.2. The third-order valence-electron chi connectivity index (χ3n) is 2.54. The molecule has 1 aromatic heterocycles. The number of hydrogen-bond acceptors (Lipinski definition) is 3. The zero-order valence-electron chi connectivity index (χ0n) is 9.86. The summed E-state index contributed by atoms with van der Waals surface area (Å²) in [6, 6.07) is 9.97. The van der Waals surface area contributed by atoms with Crippen molar-refractivity contribution in [1.82, 2.24) is 10.2 Å². The van der Waals surface area contributed by atoms with E-state index in [2.05, 4.69) is 46.1 Å². The zero-order chi connectivity index (χ0) is 12.3. The summed E-state index contributed by atoms with van der Waals surface area (Å²) in [4.78, 5) is 11.2. The number of hydrogen-bond donors (Lipinski definition) is 1. The van der Waals surface area contributed by atoms with Gasteiger partial charge in [0.15, 0.2) is 5.69 Å². The number of ether oxygens (including phenoxy) is 1. The first-order valence-corrected chi connectivity index (χ1v) is 5.37. The average molecular weight is 230 g/mol. The molecular weight excluding hydrogens is 216 g/mol. The first kappa shape index (κ1) is 11.4. The molecule has 1 N–H and O–H groups in total. The van der Waals surface area contributed by atoms with Crippen molar-refractivity contribution in [3.05, 3.63) is 52.8 Å². The van der Waals surface area contributed by atoms with E-state index >= 15 is 0 Å². The number of benzene rings is 1. The molecule has 2 aromatic rings. The Bertz CT molecular complexity index is 514. The van der Waals surface area contributed by atoms with E-state index in [0.29, 0.717) is 5.69 Å². The second-order valence-electron chi connectivity index (χ2n) is 3.93. The fourth-order valence-corrected chi connectivity index (χ4v) is 1.59. The van der Waals surface area contributed by atoms with E-state index < -0.39 is 5.97 Å². The van der Waals surface area contributed by atoms with Crippen LogP contribution < -0.4 is 0 Å². The van der Waals surface area contributed by atoms with Crippen LogP contribution in [0.1, 0.15) is 27.3 Å². The number of aryl methyl sites for hydroxylation is 1. The van der Waals surface area contributed by atoms with Gasteiger partial charge in [-0.05, 0) is 18.6 Å². The summed E-state index contributed by atoms with van der Waals surface area (Å²) < 4.78 is 4.59. The van der Waals surface area contributed by atoms with E-state index in [1.54, 1.807) is 6.07 Å². The Morgan fingerprint density at radius 2 is 2.06 bits per heavy atom. The Hall–Kier alpha value is -2.10. The molecule has 0 aliphatic heterocycles. The maximum absolute atomic E-state index is 11.2. The molecule has 0 atom stereocenters. The van der Waals surface area contributed by atoms with Crippen LogP contribution in [-0.2, 0) is 11.2 Å². The van der Waals surface area contributed by atoms with E-state index in [1.807, 2.05) is 0 Å². The quantitative estimate of drug-likeness (QED) is 0.821. The highest BCUT2D eigenvalue weighted by atomic mass is 16.5. The van der Waals surface area contributed by atoms with Crippen molar-refractivity contribution in [3.63, 3.8) is 0 Å². The lowest BCUT2D eigenvalue weighted by molar-refractivity contribution is 0.0594. The molecule has 1 heterocycles. The number of esters is 1. The largest absolute Gasteiger partial charge is 0.464 e. The Morgan fingerprint density at radius 1 is 1.35 bits per heavy atom. The van der Waals surface area contributed by atoms with Gasteiger partial charge in [0.25, 0.3) is 0 Å². The SMILES string of the molecule is COC(=O)c1cc(Cc2ccc(C)cc2)[nH]n1. The first-order chi connectivity index (χ1) is 8.19. The molecular formula is C13H14N2O2. The monoisotopic (exact) mass is 230 g/mol. The fraction of sp³-hybridized carbons (Fsp3) is 0.231. The summed E-state index contributed by atoms with van der Waals surface area (Å²) in [6.45, 7) is 2.05. The molecule has 0 unspecified atom stereocenters. The van der Waals surface area contributed by atoms with Crippen molar-refractivity contribution in [3.8, 4) is 0 Å². The second kappa shape index (κ2) is 4.82. The van der Waals surface area contributed by atoms with E-state index in [0.717, 1.165) is 12.1 Å². The van der Waals surface area contributed by atoms with Crippen LogP contribution in [0, 0.1) is 6.92 Å². The predicted molar refractivity (Wildman–Crippen MR) is 63.9 cm³/mol. The topological polar surface area (TPSA) is 55.0 Å². The van der Waals surface area contributed by atoms with Gasteiger partial charge in [0, 0.05) is 12.1 Å². The summed E-state index contributed by atoms with van der Waals surface area (Å²) >= 11 is 0. The lowest BCUT2D eigenvalue weighted by Crippen LogP contribution is -2.00. The number of H-pyrrole nitrogens is 1. The van der Waals surface area contributed by atoms with Crippen LogP contribution in [0.25, 0.3) is 0 Å². The molecule has 0 aliphatic carbocycles. The van der Waals surface area contributed by atoms with Gasteiger partial charge in [-0.2, -0.15) is 5.10 Å². The van der Waals surface area contributed by atoms with Gasteiger partial charge in [-0.25, -0.2) is 4.79 Å². The van der Waals surface area contributed by atoms with Crippen LogP contribution in [0.15, 0.2) is 30.3 Å².